The average molecular weight is 280 g/mol. The zero-order valence-corrected chi connectivity index (χ0v) is 10.2. The molecule has 0 aromatic heterocycles. The second kappa shape index (κ2) is 4.40. The number of aliphatic hydroxyl groups excluding tert-OH is 1. The lowest BCUT2D eigenvalue weighted by Gasteiger charge is -2.46. The van der Waals surface area contributed by atoms with Crippen LogP contribution in [0.15, 0.2) is 18.2 Å². The van der Waals surface area contributed by atoms with Crippen LogP contribution >= 0.6 is 11.6 Å². The smallest absolute Gasteiger partial charge is 0.393 e. The van der Waals surface area contributed by atoms with Crippen LogP contribution in [0.25, 0.3) is 0 Å². The van der Waals surface area contributed by atoms with Crippen molar-refractivity contribution in [1.29, 1.82) is 0 Å². The van der Waals surface area contributed by atoms with Crippen molar-refractivity contribution in [1.82, 2.24) is 0 Å². The van der Waals surface area contributed by atoms with Gasteiger partial charge in [0.15, 0.2) is 0 Å². The van der Waals surface area contributed by atoms with Crippen LogP contribution < -0.4 is 5.73 Å². The zero-order chi connectivity index (χ0) is 13.6. The molecule has 0 saturated heterocycles. The van der Waals surface area contributed by atoms with Gasteiger partial charge >= 0.3 is 6.18 Å². The molecule has 1 fully saturated rings. The molecule has 1 aliphatic rings. The third-order valence-electron chi connectivity index (χ3n) is 3.49. The number of alkyl halides is 3. The van der Waals surface area contributed by atoms with Crippen molar-refractivity contribution in [2.24, 2.45) is 5.73 Å². The van der Waals surface area contributed by atoms with Gasteiger partial charge in [-0.2, -0.15) is 13.2 Å². The molecule has 1 aromatic rings. The van der Waals surface area contributed by atoms with E-state index in [1.165, 1.54) is 12.1 Å². The van der Waals surface area contributed by atoms with Crippen LogP contribution in [0, 0.1) is 0 Å². The molecule has 0 heterocycles. The standard InChI is InChI=1S/C12H13ClF3NO/c13-9-3-1-2-8(12(14,15)16)10(9)11(6-17)4-7(18)5-11/h1-3,7,18H,4-6,17H2. The van der Waals surface area contributed by atoms with Crippen molar-refractivity contribution >= 4 is 11.6 Å². The molecule has 0 spiro atoms. The third kappa shape index (κ3) is 2.11. The lowest BCUT2D eigenvalue weighted by molar-refractivity contribution is -0.139. The highest BCUT2D eigenvalue weighted by Gasteiger charge is 2.49. The van der Waals surface area contributed by atoms with E-state index in [0.29, 0.717) is 0 Å². The summed E-state index contributed by atoms with van der Waals surface area (Å²) in [5.41, 5.74) is 4.01. The molecule has 0 atom stereocenters. The van der Waals surface area contributed by atoms with E-state index in [1.807, 2.05) is 0 Å². The molecule has 3 N–H and O–H groups in total. The first-order chi connectivity index (χ1) is 8.30. The average Bonchev–Trinajstić information content (AvgIpc) is 2.23. The van der Waals surface area contributed by atoms with Gasteiger partial charge in [-0.3, -0.25) is 0 Å². The molecule has 0 aliphatic heterocycles. The topological polar surface area (TPSA) is 46.2 Å². The van der Waals surface area contributed by atoms with Crippen LogP contribution in [0.5, 0.6) is 0 Å². The van der Waals surface area contributed by atoms with Crippen LogP contribution in [-0.4, -0.2) is 17.8 Å². The summed E-state index contributed by atoms with van der Waals surface area (Å²) >= 11 is 5.92. The van der Waals surface area contributed by atoms with Crippen LogP contribution in [-0.2, 0) is 11.6 Å². The van der Waals surface area contributed by atoms with Crippen molar-refractivity contribution in [2.45, 2.75) is 30.5 Å². The number of halogens is 4. The summed E-state index contributed by atoms with van der Waals surface area (Å²) in [6.07, 6.45) is -4.64. The fourth-order valence-electron chi connectivity index (χ4n) is 2.61. The van der Waals surface area contributed by atoms with E-state index in [-0.39, 0.29) is 30.0 Å². The predicted molar refractivity (Wildman–Crippen MR) is 62.4 cm³/mol. The molecule has 0 bridgehead atoms. The van der Waals surface area contributed by atoms with E-state index in [0.717, 1.165) is 6.07 Å². The van der Waals surface area contributed by atoms with Gasteiger partial charge in [0, 0.05) is 17.0 Å². The van der Waals surface area contributed by atoms with Gasteiger partial charge in [0.25, 0.3) is 0 Å². The minimum absolute atomic E-state index is 0.0203. The molecule has 0 radical (unpaired) electrons. The van der Waals surface area contributed by atoms with Crippen molar-refractivity contribution in [3.63, 3.8) is 0 Å². The summed E-state index contributed by atoms with van der Waals surface area (Å²) in [7, 11) is 0. The van der Waals surface area contributed by atoms with Crippen molar-refractivity contribution in [3.05, 3.63) is 34.3 Å². The Hall–Kier alpha value is -0.780. The largest absolute Gasteiger partial charge is 0.416 e. The summed E-state index contributed by atoms with van der Waals surface area (Å²) < 4.78 is 39.0. The van der Waals surface area contributed by atoms with Gasteiger partial charge in [-0.15, -0.1) is 0 Å². The molecule has 1 saturated carbocycles. The summed E-state index contributed by atoms with van der Waals surface area (Å²) in [6.45, 7) is 0.0386. The Kier molecular flexibility index (Phi) is 3.34. The van der Waals surface area contributed by atoms with Gasteiger partial charge in [0.2, 0.25) is 0 Å². The molecule has 100 valence electrons. The van der Waals surface area contributed by atoms with Gasteiger partial charge in [0.05, 0.1) is 11.7 Å². The minimum atomic E-state index is -4.47. The molecule has 0 unspecified atom stereocenters. The van der Waals surface area contributed by atoms with Gasteiger partial charge in [-0.05, 0) is 30.5 Å². The van der Waals surface area contributed by atoms with E-state index >= 15 is 0 Å². The molecule has 2 nitrogen and oxygen atoms in total. The van der Waals surface area contributed by atoms with E-state index in [9.17, 15) is 18.3 Å². The highest BCUT2D eigenvalue weighted by molar-refractivity contribution is 6.31. The van der Waals surface area contributed by atoms with E-state index < -0.39 is 23.3 Å². The Labute approximate surface area is 108 Å². The molecule has 1 aliphatic carbocycles. The van der Waals surface area contributed by atoms with Gasteiger partial charge < -0.3 is 10.8 Å². The number of hydrogen-bond donors (Lipinski definition) is 2. The number of hydrogen-bond acceptors (Lipinski definition) is 2. The Morgan fingerprint density at radius 1 is 1.39 bits per heavy atom. The monoisotopic (exact) mass is 279 g/mol. The summed E-state index contributed by atoms with van der Waals surface area (Å²) in [4.78, 5) is 0. The van der Waals surface area contributed by atoms with Crippen molar-refractivity contribution in [3.8, 4) is 0 Å². The van der Waals surface area contributed by atoms with E-state index in [1.54, 1.807) is 0 Å². The Balaban J connectivity index is 2.56. The Bertz CT molecular complexity index is 455. The second-order valence-corrected chi connectivity index (χ2v) is 5.11. The van der Waals surface area contributed by atoms with Crippen LogP contribution in [0.3, 0.4) is 0 Å². The number of rotatable bonds is 2. The van der Waals surface area contributed by atoms with Crippen LogP contribution in [0.1, 0.15) is 24.0 Å². The van der Waals surface area contributed by atoms with Gasteiger partial charge in [-0.1, -0.05) is 17.7 Å². The highest BCUT2D eigenvalue weighted by Crippen LogP contribution is 2.50. The molecule has 1 aromatic carbocycles. The van der Waals surface area contributed by atoms with Gasteiger partial charge in [-0.25, -0.2) is 0 Å². The third-order valence-corrected chi connectivity index (χ3v) is 3.81. The first-order valence-electron chi connectivity index (χ1n) is 5.54. The predicted octanol–water partition coefficient (Wildman–Crippen LogP) is 2.71. The first-order valence-corrected chi connectivity index (χ1v) is 5.92. The maximum atomic E-state index is 13.0. The quantitative estimate of drug-likeness (QED) is 0.874. The molecular formula is C12H13ClF3NO. The fraction of sp³-hybridized carbons (Fsp3) is 0.500. The summed E-state index contributed by atoms with van der Waals surface area (Å²) in [5.74, 6) is 0. The second-order valence-electron chi connectivity index (χ2n) is 4.71. The lowest BCUT2D eigenvalue weighted by Crippen LogP contribution is -2.50. The number of aliphatic hydroxyl groups is 1. The zero-order valence-electron chi connectivity index (χ0n) is 9.47. The fourth-order valence-corrected chi connectivity index (χ4v) is 2.99. The molecule has 6 heteroatoms. The molecular weight excluding hydrogens is 267 g/mol. The highest BCUT2D eigenvalue weighted by atomic mass is 35.5. The number of nitrogens with two attached hydrogens (primary N) is 1. The van der Waals surface area contributed by atoms with Crippen LogP contribution in [0.4, 0.5) is 13.2 Å². The van der Waals surface area contributed by atoms with Crippen LogP contribution in [0.2, 0.25) is 5.02 Å². The SMILES string of the molecule is NCC1(c2c(Cl)cccc2C(F)(F)F)CC(O)C1. The Morgan fingerprint density at radius 3 is 2.44 bits per heavy atom. The van der Waals surface area contributed by atoms with Gasteiger partial charge in [0.1, 0.15) is 0 Å². The van der Waals surface area contributed by atoms with E-state index in [4.69, 9.17) is 17.3 Å². The first kappa shape index (κ1) is 13.6. The molecule has 2 rings (SSSR count). The van der Waals surface area contributed by atoms with Crippen molar-refractivity contribution in [2.75, 3.05) is 6.54 Å². The number of benzene rings is 1. The van der Waals surface area contributed by atoms with Crippen molar-refractivity contribution < 1.29 is 18.3 Å². The normalized spacial score (nSPS) is 28.0. The summed E-state index contributed by atoms with van der Waals surface area (Å²) in [6, 6.07) is 3.70. The maximum Gasteiger partial charge on any atom is 0.416 e. The molecule has 0 amide bonds. The minimum Gasteiger partial charge on any atom is -0.393 e. The lowest BCUT2D eigenvalue weighted by atomic mass is 9.61. The van der Waals surface area contributed by atoms with E-state index in [2.05, 4.69) is 0 Å². The summed E-state index contributed by atoms with van der Waals surface area (Å²) in [5, 5.41) is 9.44. The maximum absolute atomic E-state index is 13.0. The molecule has 18 heavy (non-hydrogen) atoms. The Morgan fingerprint density at radius 2 is 2.00 bits per heavy atom.